The van der Waals surface area contributed by atoms with Gasteiger partial charge in [0.1, 0.15) is 6.10 Å². The summed E-state index contributed by atoms with van der Waals surface area (Å²) in [5, 5.41) is 43.3. The van der Waals surface area contributed by atoms with E-state index in [-0.39, 0.29) is 31.3 Å². The van der Waals surface area contributed by atoms with Gasteiger partial charge in [0.25, 0.3) is 0 Å². The smallest absolute Gasteiger partial charge is 0.323 e. The Morgan fingerprint density at radius 1 is 0.824 bits per heavy atom. The minimum absolute atomic E-state index is 0.0160. The van der Waals surface area contributed by atoms with E-state index in [0.29, 0.717) is 37.6 Å². The van der Waals surface area contributed by atoms with Crippen LogP contribution in [-0.2, 0) is 10.4 Å². The molecule has 3 N–H and O–H groups in total. The number of ether oxygens (including phenoxy) is 1. The van der Waals surface area contributed by atoms with Crippen LogP contribution in [0.4, 0.5) is 11.9 Å². The summed E-state index contributed by atoms with van der Waals surface area (Å²) < 4.78 is 6.20. The van der Waals surface area contributed by atoms with Crippen molar-refractivity contribution in [1.82, 2.24) is 25.1 Å². The molecule has 0 amide bonds. The van der Waals surface area contributed by atoms with Crippen molar-refractivity contribution >= 4 is 11.9 Å². The Labute approximate surface area is 202 Å². The van der Waals surface area contributed by atoms with Crippen molar-refractivity contribution in [1.29, 1.82) is 0 Å². The molecule has 0 atom stereocenters. The van der Waals surface area contributed by atoms with Crippen LogP contribution in [0.15, 0.2) is 0 Å². The predicted molar refractivity (Wildman–Crippen MR) is 127 cm³/mol. The van der Waals surface area contributed by atoms with Crippen molar-refractivity contribution < 1.29 is 20.3 Å². The zero-order valence-electron chi connectivity index (χ0n) is 21.8. The van der Waals surface area contributed by atoms with Gasteiger partial charge in [-0.05, 0) is 68.2 Å². The maximum atomic E-state index is 12.7. The fourth-order valence-corrected chi connectivity index (χ4v) is 5.67. The van der Waals surface area contributed by atoms with E-state index in [1.165, 1.54) is 5.06 Å². The molecule has 192 valence electrons. The lowest BCUT2D eigenvalue weighted by Gasteiger charge is -2.50. The fraction of sp³-hybridized carbons (Fsp3) is 0.870. The van der Waals surface area contributed by atoms with Gasteiger partial charge >= 0.3 is 6.01 Å². The van der Waals surface area contributed by atoms with Gasteiger partial charge in [-0.25, -0.2) is 0 Å². The largest absolute Gasteiger partial charge is 0.460 e. The molecule has 0 unspecified atom stereocenters. The number of hydrogen-bond donors (Lipinski definition) is 3. The van der Waals surface area contributed by atoms with Gasteiger partial charge < -0.3 is 20.5 Å². The van der Waals surface area contributed by atoms with Gasteiger partial charge in [0.2, 0.25) is 11.9 Å². The zero-order chi connectivity index (χ0) is 25.5. The summed E-state index contributed by atoms with van der Waals surface area (Å²) in [6.07, 6.45) is 2.10. The lowest BCUT2D eigenvalue weighted by atomic mass is 9.79. The molecule has 0 aliphatic carbocycles. The number of rotatable bonds is 7. The summed E-state index contributed by atoms with van der Waals surface area (Å²) in [6, 6.07) is 0.145. The van der Waals surface area contributed by atoms with E-state index in [2.05, 4.69) is 25.6 Å². The maximum absolute atomic E-state index is 12.7. The molecule has 2 aliphatic rings. The summed E-state index contributed by atoms with van der Waals surface area (Å²) in [5.41, 5.74) is -2.23. The van der Waals surface area contributed by atoms with Crippen LogP contribution in [-0.4, -0.2) is 77.6 Å². The lowest BCUT2D eigenvalue weighted by Crippen LogP contribution is -2.60. The number of aromatic nitrogens is 3. The second-order valence-corrected chi connectivity index (χ2v) is 12.2. The molecule has 11 nitrogen and oxygen atoms in total. The molecule has 0 aromatic carbocycles. The van der Waals surface area contributed by atoms with Crippen LogP contribution < -0.4 is 15.4 Å². The Bertz CT molecular complexity index is 763. The Hall–Kier alpha value is -1.79. The molecule has 0 saturated carbocycles. The van der Waals surface area contributed by atoms with Gasteiger partial charge in [-0.1, -0.05) is 0 Å². The monoisotopic (exact) mass is 479 g/mol. The van der Waals surface area contributed by atoms with Crippen molar-refractivity contribution in [3.8, 4) is 6.01 Å². The quantitative estimate of drug-likeness (QED) is 0.539. The van der Waals surface area contributed by atoms with Gasteiger partial charge in [0, 0.05) is 47.6 Å². The van der Waals surface area contributed by atoms with Crippen LogP contribution in [0, 0.1) is 0 Å². The second kappa shape index (κ2) is 9.34. The Balaban J connectivity index is 1.83. The van der Waals surface area contributed by atoms with Crippen LogP contribution in [0.2, 0.25) is 0 Å². The highest BCUT2D eigenvalue weighted by molar-refractivity contribution is 5.37. The highest BCUT2D eigenvalue weighted by Gasteiger charge is 2.48. The van der Waals surface area contributed by atoms with Gasteiger partial charge in [-0.3, -0.25) is 0 Å². The highest BCUT2D eigenvalue weighted by atomic mass is 16.5. The Morgan fingerprint density at radius 2 is 1.29 bits per heavy atom. The first-order valence-corrected chi connectivity index (χ1v) is 12.0. The Morgan fingerprint density at radius 3 is 1.79 bits per heavy atom. The minimum Gasteiger partial charge on any atom is -0.460 e. The first kappa shape index (κ1) is 26.8. The molecule has 3 heterocycles. The molecular formula is C23H41N7O4. The first-order chi connectivity index (χ1) is 15.6. The molecular weight excluding hydrogens is 438 g/mol. The average molecular weight is 480 g/mol. The van der Waals surface area contributed by atoms with Crippen LogP contribution >= 0.6 is 0 Å². The van der Waals surface area contributed by atoms with Crippen molar-refractivity contribution in [3.63, 3.8) is 0 Å². The Kier molecular flexibility index (Phi) is 7.37. The van der Waals surface area contributed by atoms with Crippen LogP contribution in [0.3, 0.4) is 0 Å². The third-order valence-corrected chi connectivity index (χ3v) is 6.76. The number of aliphatic hydroxyl groups is 1. The molecule has 2 saturated heterocycles. The minimum atomic E-state index is -0.581. The number of piperidine rings is 2. The summed E-state index contributed by atoms with van der Waals surface area (Å²) in [6.45, 7) is 15.6. The highest BCUT2D eigenvalue weighted by Crippen LogP contribution is 2.39. The van der Waals surface area contributed by atoms with Gasteiger partial charge in [0.05, 0.1) is 6.61 Å². The van der Waals surface area contributed by atoms with Crippen LogP contribution in [0.25, 0.3) is 0 Å². The van der Waals surface area contributed by atoms with Crippen LogP contribution in [0.1, 0.15) is 81.1 Å². The average Bonchev–Trinajstić information content (AvgIpc) is 2.67. The summed E-state index contributed by atoms with van der Waals surface area (Å²) >= 11 is 0. The lowest BCUT2D eigenvalue weighted by molar-refractivity contribution is -0.297. The fourth-order valence-electron chi connectivity index (χ4n) is 5.67. The van der Waals surface area contributed by atoms with Gasteiger partial charge in [-0.2, -0.15) is 15.0 Å². The topological polar surface area (TPSA) is 138 Å². The van der Waals surface area contributed by atoms with Crippen molar-refractivity contribution in [3.05, 3.63) is 0 Å². The normalized spacial score (nSPS) is 25.1. The number of nitrogens with zero attached hydrogens (tertiary/aromatic N) is 5. The van der Waals surface area contributed by atoms with Gasteiger partial charge in [-0.15, -0.1) is 20.5 Å². The molecule has 2 fully saturated rings. The van der Waals surface area contributed by atoms with Crippen molar-refractivity contribution in [2.75, 3.05) is 23.8 Å². The standard InChI is InChI=1S/C23H41N7O4/c1-20(2)11-15(12-21(3,4)29(20)32)25-18-26-17(24-9-10-31)27-19(28-18)34-16-13-22(5,6)30(33)23(7,8)14-16/h15-16,31H,9-14H2,1-8H3,(H2,24,25,26,27,28). The van der Waals surface area contributed by atoms with E-state index in [1.807, 2.05) is 55.4 Å². The third-order valence-electron chi connectivity index (χ3n) is 6.76. The second-order valence-electron chi connectivity index (χ2n) is 12.2. The third kappa shape index (κ3) is 5.88. The molecule has 34 heavy (non-hydrogen) atoms. The van der Waals surface area contributed by atoms with E-state index in [9.17, 15) is 15.5 Å². The van der Waals surface area contributed by atoms with E-state index in [0.717, 1.165) is 5.06 Å². The summed E-state index contributed by atoms with van der Waals surface area (Å²) in [7, 11) is 0. The molecule has 2 radical (unpaired) electrons. The van der Waals surface area contributed by atoms with E-state index < -0.39 is 22.2 Å². The molecule has 0 spiro atoms. The number of anilines is 2. The SMILES string of the molecule is CC1(C)CC(Nc2nc(NCCO)nc(OC3CC(C)(C)N([O])C(C)(C)C3)n2)CC(C)(C)N1[O]. The number of nitrogens with one attached hydrogen (secondary N) is 2. The molecule has 11 heteroatoms. The number of hydrogen-bond acceptors (Lipinski definition) is 9. The molecule has 1 aromatic heterocycles. The molecule has 0 bridgehead atoms. The van der Waals surface area contributed by atoms with Crippen molar-refractivity contribution in [2.45, 2.75) is 115 Å². The molecule has 2 aliphatic heterocycles. The zero-order valence-corrected chi connectivity index (χ0v) is 21.8. The summed E-state index contributed by atoms with van der Waals surface area (Å²) in [4.78, 5) is 13.4. The van der Waals surface area contributed by atoms with E-state index >= 15 is 0 Å². The van der Waals surface area contributed by atoms with Crippen LogP contribution in [0.5, 0.6) is 6.01 Å². The van der Waals surface area contributed by atoms with Crippen molar-refractivity contribution in [2.24, 2.45) is 0 Å². The maximum Gasteiger partial charge on any atom is 0.323 e. The molecule has 1 aromatic rings. The van der Waals surface area contributed by atoms with Gasteiger partial charge in [0.15, 0.2) is 0 Å². The first-order valence-electron chi connectivity index (χ1n) is 12.0. The summed E-state index contributed by atoms with van der Waals surface area (Å²) in [5.74, 6) is 0.641. The number of hydroxylamine groups is 4. The predicted octanol–water partition coefficient (Wildman–Crippen LogP) is 2.80. The number of aliphatic hydroxyl groups excluding tert-OH is 1. The molecule has 3 rings (SSSR count). The van der Waals surface area contributed by atoms with E-state index in [1.54, 1.807) is 0 Å². The van der Waals surface area contributed by atoms with E-state index in [4.69, 9.17) is 4.74 Å².